The maximum atomic E-state index is 9.46. The normalized spacial score (nSPS) is 12.3. The number of halogens is 2. The number of hydrogen-bond acceptors (Lipinski definition) is 2. The molecule has 2 rings (SSSR count). The summed E-state index contributed by atoms with van der Waals surface area (Å²) in [5.74, 6) is 0. The van der Waals surface area contributed by atoms with E-state index in [0.717, 1.165) is 12.0 Å². The van der Waals surface area contributed by atoms with Crippen LogP contribution in [0, 0.1) is 0 Å². The fourth-order valence-electron chi connectivity index (χ4n) is 2.02. The van der Waals surface area contributed by atoms with Crippen molar-refractivity contribution in [2.45, 2.75) is 19.0 Å². The molecule has 2 aromatic rings. The van der Waals surface area contributed by atoms with E-state index in [1.807, 2.05) is 30.3 Å². The molecule has 0 aliphatic heterocycles. The smallest absolute Gasteiger partial charge is 0.0587 e. The van der Waals surface area contributed by atoms with E-state index in [0.29, 0.717) is 16.6 Å². The summed E-state index contributed by atoms with van der Waals surface area (Å²) in [4.78, 5) is 0. The van der Waals surface area contributed by atoms with Crippen molar-refractivity contribution in [3.8, 4) is 0 Å². The average Bonchev–Trinajstić information content (AvgIpc) is 2.46. The fourth-order valence-corrected chi connectivity index (χ4v) is 2.49. The lowest BCUT2D eigenvalue weighted by Gasteiger charge is -2.17. The Bertz CT molecular complexity index is 545. The maximum absolute atomic E-state index is 9.46. The summed E-state index contributed by atoms with van der Waals surface area (Å²) >= 11 is 12.0. The Morgan fingerprint density at radius 3 is 2.45 bits per heavy atom. The maximum Gasteiger partial charge on any atom is 0.0587 e. The summed E-state index contributed by atoms with van der Waals surface area (Å²) in [7, 11) is 0. The van der Waals surface area contributed by atoms with Crippen LogP contribution in [-0.4, -0.2) is 17.8 Å². The number of rotatable bonds is 6. The summed E-state index contributed by atoms with van der Waals surface area (Å²) < 4.78 is 0. The van der Waals surface area contributed by atoms with E-state index in [1.165, 1.54) is 5.56 Å². The van der Waals surface area contributed by atoms with Crippen molar-refractivity contribution in [2.24, 2.45) is 0 Å². The Balaban J connectivity index is 1.93. The lowest BCUT2D eigenvalue weighted by molar-refractivity contribution is 0.241. The zero-order chi connectivity index (χ0) is 14.4. The summed E-state index contributed by atoms with van der Waals surface area (Å²) in [5, 5.41) is 14.0. The molecule has 2 aromatic carbocycles. The molecule has 0 aliphatic carbocycles. The third-order valence-electron chi connectivity index (χ3n) is 3.14. The Kier molecular flexibility index (Phi) is 5.86. The highest BCUT2D eigenvalue weighted by atomic mass is 35.5. The minimum absolute atomic E-state index is 0.00384. The molecule has 0 unspecified atom stereocenters. The summed E-state index contributed by atoms with van der Waals surface area (Å²) in [6.45, 7) is 0.689. The topological polar surface area (TPSA) is 32.3 Å². The Hall–Kier alpha value is -1.06. The van der Waals surface area contributed by atoms with Crippen LogP contribution >= 0.6 is 23.2 Å². The highest BCUT2D eigenvalue weighted by Crippen LogP contribution is 2.20. The third-order valence-corrected chi connectivity index (χ3v) is 3.73. The number of hydrogen-bond donors (Lipinski definition) is 2. The van der Waals surface area contributed by atoms with Crippen LogP contribution in [0.15, 0.2) is 48.5 Å². The quantitative estimate of drug-likeness (QED) is 0.853. The van der Waals surface area contributed by atoms with Crippen molar-refractivity contribution >= 4 is 23.2 Å². The zero-order valence-corrected chi connectivity index (χ0v) is 12.5. The van der Waals surface area contributed by atoms with Gasteiger partial charge in [-0.2, -0.15) is 0 Å². The third kappa shape index (κ3) is 4.50. The molecule has 0 amide bonds. The van der Waals surface area contributed by atoms with Gasteiger partial charge in [-0.05, 0) is 29.7 Å². The second-order valence-corrected chi connectivity index (χ2v) is 5.53. The van der Waals surface area contributed by atoms with Gasteiger partial charge < -0.3 is 10.4 Å². The molecule has 0 saturated heterocycles. The monoisotopic (exact) mass is 309 g/mol. The van der Waals surface area contributed by atoms with E-state index < -0.39 is 0 Å². The first-order chi connectivity index (χ1) is 9.69. The second-order valence-electron chi connectivity index (χ2n) is 4.69. The number of aliphatic hydroxyl groups is 1. The minimum atomic E-state index is 0.00384. The first-order valence-electron chi connectivity index (χ1n) is 6.51. The summed E-state index contributed by atoms with van der Waals surface area (Å²) in [6, 6.07) is 15.5. The minimum Gasteiger partial charge on any atom is -0.395 e. The van der Waals surface area contributed by atoms with Gasteiger partial charge in [0.1, 0.15) is 0 Å². The van der Waals surface area contributed by atoms with Gasteiger partial charge in [-0.1, -0.05) is 59.6 Å². The Morgan fingerprint density at radius 1 is 1.05 bits per heavy atom. The van der Waals surface area contributed by atoms with Gasteiger partial charge >= 0.3 is 0 Å². The van der Waals surface area contributed by atoms with E-state index in [4.69, 9.17) is 23.2 Å². The standard InChI is InChI=1S/C16H17Cl2NO/c17-14-7-6-13(16(18)9-14)10-19-15(11-20)8-12-4-2-1-3-5-12/h1-7,9,15,19-20H,8,10-11H2/t15-/m0/s1. The van der Waals surface area contributed by atoms with E-state index in [9.17, 15) is 5.11 Å². The molecule has 0 bridgehead atoms. The van der Waals surface area contributed by atoms with Crippen LogP contribution in [0.3, 0.4) is 0 Å². The highest BCUT2D eigenvalue weighted by Gasteiger charge is 2.09. The van der Waals surface area contributed by atoms with Gasteiger partial charge in [-0.15, -0.1) is 0 Å². The van der Waals surface area contributed by atoms with Crippen LogP contribution in [0.4, 0.5) is 0 Å². The molecule has 2 N–H and O–H groups in total. The lowest BCUT2D eigenvalue weighted by Crippen LogP contribution is -2.34. The van der Waals surface area contributed by atoms with E-state index in [2.05, 4.69) is 17.4 Å². The average molecular weight is 310 g/mol. The van der Waals surface area contributed by atoms with Crippen molar-refractivity contribution in [1.29, 1.82) is 0 Å². The molecule has 20 heavy (non-hydrogen) atoms. The van der Waals surface area contributed by atoms with Gasteiger partial charge in [-0.3, -0.25) is 0 Å². The Morgan fingerprint density at radius 2 is 1.80 bits per heavy atom. The molecular weight excluding hydrogens is 293 g/mol. The molecule has 106 valence electrons. The molecular formula is C16H17Cl2NO. The molecule has 2 nitrogen and oxygen atoms in total. The largest absolute Gasteiger partial charge is 0.395 e. The summed E-state index contributed by atoms with van der Waals surface area (Å²) in [6.07, 6.45) is 0.780. The SMILES string of the molecule is OC[C@H](Cc1ccccc1)NCc1ccc(Cl)cc1Cl. The van der Waals surface area contributed by atoms with Gasteiger partial charge in [0, 0.05) is 22.6 Å². The molecule has 0 saturated carbocycles. The predicted molar refractivity (Wildman–Crippen MR) is 84.3 cm³/mol. The van der Waals surface area contributed by atoms with Crippen LogP contribution < -0.4 is 5.32 Å². The molecule has 4 heteroatoms. The van der Waals surface area contributed by atoms with Crippen LogP contribution in [0.2, 0.25) is 10.0 Å². The highest BCUT2D eigenvalue weighted by molar-refractivity contribution is 6.35. The molecule has 1 atom stereocenters. The van der Waals surface area contributed by atoms with Crippen molar-refractivity contribution in [2.75, 3.05) is 6.61 Å². The van der Waals surface area contributed by atoms with Crippen molar-refractivity contribution in [3.05, 3.63) is 69.7 Å². The van der Waals surface area contributed by atoms with Crippen LogP contribution in [0.1, 0.15) is 11.1 Å². The van der Waals surface area contributed by atoms with Crippen molar-refractivity contribution in [3.63, 3.8) is 0 Å². The molecule has 0 spiro atoms. The summed E-state index contributed by atoms with van der Waals surface area (Å²) in [5.41, 5.74) is 2.17. The first-order valence-corrected chi connectivity index (χ1v) is 7.26. The molecule has 0 radical (unpaired) electrons. The van der Waals surface area contributed by atoms with Gasteiger partial charge in [0.2, 0.25) is 0 Å². The van der Waals surface area contributed by atoms with Gasteiger partial charge in [0.15, 0.2) is 0 Å². The Labute approximate surface area is 129 Å². The first kappa shape index (κ1) is 15.3. The molecule has 0 heterocycles. The lowest BCUT2D eigenvalue weighted by atomic mass is 10.1. The molecule has 0 aromatic heterocycles. The van der Waals surface area contributed by atoms with Crippen molar-refractivity contribution in [1.82, 2.24) is 5.32 Å². The van der Waals surface area contributed by atoms with E-state index in [1.54, 1.807) is 6.07 Å². The second kappa shape index (κ2) is 7.65. The van der Waals surface area contributed by atoms with Gasteiger partial charge in [0.05, 0.1) is 6.61 Å². The van der Waals surface area contributed by atoms with Crippen LogP contribution in [-0.2, 0) is 13.0 Å². The van der Waals surface area contributed by atoms with Gasteiger partial charge in [-0.25, -0.2) is 0 Å². The van der Waals surface area contributed by atoms with E-state index >= 15 is 0 Å². The number of nitrogens with one attached hydrogen (secondary N) is 1. The fraction of sp³-hybridized carbons (Fsp3) is 0.250. The van der Waals surface area contributed by atoms with Gasteiger partial charge in [0.25, 0.3) is 0 Å². The van der Waals surface area contributed by atoms with E-state index in [-0.39, 0.29) is 12.6 Å². The number of aliphatic hydroxyl groups excluding tert-OH is 1. The van der Waals surface area contributed by atoms with Crippen molar-refractivity contribution < 1.29 is 5.11 Å². The predicted octanol–water partition coefficient (Wildman–Crippen LogP) is 3.69. The molecule has 0 aliphatic rings. The van der Waals surface area contributed by atoms with Crippen LogP contribution in [0.5, 0.6) is 0 Å². The zero-order valence-electron chi connectivity index (χ0n) is 11.0. The number of benzene rings is 2. The van der Waals surface area contributed by atoms with Crippen LogP contribution in [0.25, 0.3) is 0 Å². The molecule has 0 fully saturated rings.